The molecule has 0 saturated carbocycles. The maximum Gasteiger partial charge on any atom is 0.251 e. The minimum Gasteiger partial charge on any atom is -0.495 e. The molecule has 0 aromatic heterocycles. The molecule has 0 saturated heterocycles. The normalized spacial score (nSPS) is 12.5. The molecule has 0 radical (unpaired) electrons. The maximum atomic E-state index is 12.9. The molecule has 10 heteroatoms. The molecule has 0 spiro atoms. The summed E-state index contributed by atoms with van der Waals surface area (Å²) in [6.07, 6.45) is 0. The zero-order chi connectivity index (χ0) is 24.8. The van der Waals surface area contributed by atoms with Gasteiger partial charge < -0.3 is 15.4 Å². The molecule has 0 aliphatic carbocycles. The Morgan fingerprint density at radius 1 is 1.09 bits per heavy atom. The van der Waals surface area contributed by atoms with Crippen molar-refractivity contribution in [2.45, 2.75) is 38.6 Å². The van der Waals surface area contributed by atoms with Crippen molar-refractivity contribution in [1.29, 1.82) is 0 Å². The molecule has 0 bridgehead atoms. The third-order valence-corrected chi connectivity index (χ3v) is 7.44. The highest BCUT2D eigenvalue weighted by Gasteiger charge is 2.27. The third kappa shape index (κ3) is 6.46. The van der Waals surface area contributed by atoms with Crippen LogP contribution in [-0.4, -0.2) is 50.8 Å². The Morgan fingerprint density at radius 3 is 2.30 bits per heavy atom. The predicted molar refractivity (Wildman–Crippen MR) is 129 cm³/mol. The van der Waals surface area contributed by atoms with Crippen molar-refractivity contribution in [1.82, 2.24) is 9.62 Å². The second kappa shape index (κ2) is 11.5. The van der Waals surface area contributed by atoms with Gasteiger partial charge in [0.25, 0.3) is 5.91 Å². The first kappa shape index (κ1) is 26.6. The van der Waals surface area contributed by atoms with E-state index in [0.717, 1.165) is 0 Å². The second-order valence-corrected chi connectivity index (χ2v) is 10.00. The van der Waals surface area contributed by atoms with E-state index in [9.17, 15) is 18.0 Å². The summed E-state index contributed by atoms with van der Waals surface area (Å²) >= 11 is 6.12. The highest BCUT2D eigenvalue weighted by Crippen LogP contribution is 2.27. The van der Waals surface area contributed by atoms with Crippen LogP contribution in [0, 0.1) is 5.92 Å². The van der Waals surface area contributed by atoms with Crippen molar-refractivity contribution in [3.63, 3.8) is 0 Å². The maximum absolute atomic E-state index is 12.9. The molecule has 8 nitrogen and oxygen atoms in total. The number of anilines is 1. The fourth-order valence-corrected chi connectivity index (χ4v) is 5.00. The molecule has 180 valence electrons. The lowest BCUT2D eigenvalue weighted by molar-refractivity contribution is -0.118. The Kier molecular flexibility index (Phi) is 9.27. The van der Waals surface area contributed by atoms with Crippen molar-refractivity contribution in [2.24, 2.45) is 5.92 Å². The Bertz CT molecular complexity index is 1100. The van der Waals surface area contributed by atoms with E-state index >= 15 is 0 Å². The first-order valence-electron chi connectivity index (χ1n) is 10.6. The standard InChI is InChI=1S/C23H30ClN3O5S/c1-6-27(7-2)33(30,31)18-10-8-9-16(13-18)22(28)26-21(15(3)4)23(29)25-17-11-12-20(32-5)19(24)14-17/h8-15,21H,6-7H2,1-5H3,(H,25,29)(H,26,28). The summed E-state index contributed by atoms with van der Waals surface area (Å²) in [5.41, 5.74) is 0.604. The number of nitrogens with one attached hydrogen (secondary N) is 2. The predicted octanol–water partition coefficient (Wildman–Crippen LogP) is 3.77. The minimum absolute atomic E-state index is 0.0253. The molecule has 2 N–H and O–H groups in total. The summed E-state index contributed by atoms with van der Waals surface area (Å²) in [7, 11) is -2.23. The molecule has 2 aromatic rings. The Labute approximate surface area is 200 Å². The molecular formula is C23H30ClN3O5S. The number of nitrogens with zero attached hydrogens (tertiary/aromatic N) is 1. The van der Waals surface area contributed by atoms with Gasteiger partial charge in [0.15, 0.2) is 0 Å². The number of benzene rings is 2. The number of rotatable bonds is 10. The summed E-state index contributed by atoms with van der Waals surface area (Å²) in [6.45, 7) is 7.74. The molecule has 1 unspecified atom stereocenters. The number of ether oxygens (including phenoxy) is 1. The molecule has 2 rings (SSSR count). The number of sulfonamides is 1. The van der Waals surface area contributed by atoms with Crippen LogP contribution in [0.3, 0.4) is 0 Å². The molecule has 0 fully saturated rings. The van der Waals surface area contributed by atoms with Gasteiger partial charge in [0.2, 0.25) is 15.9 Å². The van der Waals surface area contributed by atoms with E-state index in [2.05, 4.69) is 10.6 Å². The summed E-state index contributed by atoms with van der Waals surface area (Å²) < 4.78 is 32.0. The minimum atomic E-state index is -3.72. The quantitative estimate of drug-likeness (QED) is 0.522. The van der Waals surface area contributed by atoms with Crippen molar-refractivity contribution < 1.29 is 22.7 Å². The molecule has 33 heavy (non-hydrogen) atoms. The Hall–Kier alpha value is -2.62. The first-order chi connectivity index (χ1) is 15.5. The van der Waals surface area contributed by atoms with Crippen LogP contribution in [0.25, 0.3) is 0 Å². The largest absolute Gasteiger partial charge is 0.495 e. The average molecular weight is 496 g/mol. The zero-order valence-electron chi connectivity index (χ0n) is 19.4. The molecule has 1 atom stereocenters. The fourth-order valence-electron chi connectivity index (χ4n) is 3.23. The lowest BCUT2D eigenvalue weighted by Gasteiger charge is -2.22. The number of methoxy groups -OCH3 is 1. The molecule has 0 aliphatic heterocycles. The number of halogens is 1. The van der Waals surface area contributed by atoms with E-state index in [-0.39, 0.29) is 16.4 Å². The van der Waals surface area contributed by atoms with E-state index in [0.29, 0.717) is 29.5 Å². The molecular weight excluding hydrogens is 466 g/mol. The summed E-state index contributed by atoms with van der Waals surface area (Å²) in [5, 5.41) is 5.79. The number of amides is 2. The number of carbonyl (C=O) groups excluding carboxylic acids is 2. The van der Waals surface area contributed by atoms with Gasteiger partial charge in [-0.3, -0.25) is 9.59 Å². The van der Waals surface area contributed by atoms with Crippen molar-refractivity contribution in [3.05, 3.63) is 53.1 Å². The lowest BCUT2D eigenvalue weighted by atomic mass is 10.0. The summed E-state index contributed by atoms with van der Waals surface area (Å²) in [5.74, 6) is -0.729. The van der Waals surface area contributed by atoms with Gasteiger partial charge >= 0.3 is 0 Å². The van der Waals surface area contributed by atoms with Crippen LogP contribution in [0.2, 0.25) is 5.02 Å². The van der Waals surface area contributed by atoms with Crippen LogP contribution < -0.4 is 15.4 Å². The van der Waals surface area contributed by atoms with Crippen molar-refractivity contribution >= 4 is 39.1 Å². The third-order valence-electron chi connectivity index (χ3n) is 5.09. The summed E-state index contributed by atoms with van der Waals surface area (Å²) in [4.78, 5) is 25.8. The Morgan fingerprint density at radius 2 is 1.76 bits per heavy atom. The molecule has 2 aromatic carbocycles. The fraction of sp³-hybridized carbons (Fsp3) is 0.391. The van der Waals surface area contributed by atoms with Gasteiger partial charge in [-0.05, 0) is 42.3 Å². The van der Waals surface area contributed by atoms with Crippen molar-refractivity contribution in [2.75, 3.05) is 25.5 Å². The number of hydrogen-bond donors (Lipinski definition) is 2. The average Bonchev–Trinajstić information content (AvgIpc) is 2.77. The van der Waals surface area contributed by atoms with E-state index in [1.807, 2.05) is 0 Å². The smallest absolute Gasteiger partial charge is 0.251 e. The van der Waals surface area contributed by atoms with Gasteiger partial charge in [0.05, 0.1) is 17.0 Å². The van der Waals surface area contributed by atoms with E-state index < -0.39 is 27.9 Å². The number of hydrogen-bond acceptors (Lipinski definition) is 5. The molecule has 0 aliphatic rings. The topological polar surface area (TPSA) is 105 Å². The van der Waals surface area contributed by atoms with Gasteiger partial charge in [-0.25, -0.2) is 8.42 Å². The van der Waals surface area contributed by atoms with Crippen molar-refractivity contribution in [3.8, 4) is 5.75 Å². The van der Waals surface area contributed by atoms with Gasteiger partial charge in [0.1, 0.15) is 11.8 Å². The van der Waals surface area contributed by atoms with E-state index in [1.165, 1.54) is 35.7 Å². The van der Waals surface area contributed by atoms with Gasteiger partial charge in [-0.1, -0.05) is 45.4 Å². The van der Waals surface area contributed by atoms with E-state index in [4.69, 9.17) is 16.3 Å². The van der Waals surface area contributed by atoms with Gasteiger partial charge in [0, 0.05) is 24.3 Å². The molecule has 2 amide bonds. The van der Waals surface area contributed by atoms with Crippen LogP contribution in [0.1, 0.15) is 38.1 Å². The number of carbonyl (C=O) groups is 2. The zero-order valence-corrected chi connectivity index (χ0v) is 21.0. The second-order valence-electron chi connectivity index (χ2n) is 7.65. The van der Waals surface area contributed by atoms with Crippen LogP contribution in [0.15, 0.2) is 47.4 Å². The SMILES string of the molecule is CCN(CC)S(=O)(=O)c1cccc(C(=O)NC(C(=O)Nc2ccc(OC)c(Cl)c2)C(C)C)c1. The first-order valence-corrected chi connectivity index (χ1v) is 12.4. The van der Waals surface area contributed by atoms with Crippen LogP contribution in [0.5, 0.6) is 5.75 Å². The van der Waals surface area contributed by atoms with Crippen LogP contribution in [-0.2, 0) is 14.8 Å². The highest BCUT2D eigenvalue weighted by atomic mass is 35.5. The monoisotopic (exact) mass is 495 g/mol. The van der Waals surface area contributed by atoms with Crippen LogP contribution in [0.4, 0.5) is 5.69 Å². The van der Waals surface area contributed by atoms with Gasteiger partial charge in [-0.2, -0.15) is 4.31 Å². The van der Waals surface area contributed by atoms with Gasteiger partial charge in [-0.15, -0.1) is 0 Å². The lowest BCUT2D eigenvalue weighted by Crippen LogP contribution is -2.47. The molecule has 0 heterocycles. The summed E-state index contributed by atoms with van der Waals surface area (Å²) in [6, 6.07) is 9.75. The Balaban J connectivity index is 2.22. The van der Waals surface area contributed by atoms with E-state index in [1.54, 1.807) is 45.9 Å². The highest BCUT2D eigenvalue weighted by molar-refractivity contribution is 7.89. The van der Waals surface area contributed by atoms with Crippen LogP contribution >= 0.6 is 11.6 Å².